The van der Waals surface area contributed by atoms with Gasteiger partial charge in [0.25, 0.3) is 0 Å². The molecule has 0 amide bonds. The van der Waals surface area contributed by atoms with E-state index in [4.69, 9.17) is 23.7 Å². The van der Waals surface area contributed by atoms with E-state index in [1.54, 1.807) is 18.2 Å². The maximum atomic E-state index is 14.8. The summed E-state index contributed by atoms with van der Waals surface area (Å²) in [6, 6.07) is 42.4. The molecule has 0 aliphatic heterocycles. The van der Waals surface area contributed by atoms with Crippen molar-refractivity contribution in [3.8, 4) is 33.8 Å². The third kappa shape index (κ3) is 38.4. The predicted octanol–water partition coefficient (Wildman–Crippen LogP) is 35.6. The van der Waals surface area contributed by atoms with Crippen LogP contribution in [0, 0.1) is 17.6 Å². The van der Waals surface area contributed by atoms with Crippen molar-refractivity contribution in [2.24, 2.45) is 5.92 Å². The molecule has 6 nitrogen and oxygen atoms in total. The van der Waals surface area contributed by atoms with Crippen LogP contribution in [-0.2, 0) is 28.9 Å². The van der Waals surface area contributed by atoms with Crippen molar-refractivity contribution in [2.75, 3.05) is 39.6 Å². The molecule has 674 valence electrons. The van der Waals surface area contributed by atoms with Crippen molar-refractivity contribution in [2.45, 2.75) is 435 Å². The van der Waals surface area contributed by atoms with Gasteiger partial charge in [0.15, 0.2) is 5.60 Å². The van der Waals surface area contributed by atoms with Crippen LogP contribution in [-0.4, -0.2) is 45.6 Å². The second kappa shape index (κ2) is 64.4. The van der Waals surface area contributed by atoms with Gasteiger partial charge in [-0.25, -0.2) is 8.78 Å². The van der Waals surface area contributed by atoms with Crippen molar-refractivity contribution in [3.63, 3.8) is 0 Å². The zero-order chi connectivity index (χ0) is 84.8. The Bertz CT molecular complexity index is 3600. The van der Waals surface area contributed by atoms with Gasteiger partial charge in [0, 0.05) is 43.1 Å². The van der Waals surface area contributed by atoms with Gasteiger partial charge in [0.1, 0.15) is 27.5 Å². The highest BCUT2D eigenvalue weighted by molar-refractivity contribution is 9.10. The molecule has 121 heavy (non-hydrogen) atoms. The van der Waals surface area contributed by atoms with E-state index >= 15 is 0 Å². The monoisotopic (exact) mass is 1730 g/mol. The SMILES string of the molecule is CCCCCCCCCCCCCCCCCCCCCCOCCCCCCCCCCCCOc1ccc2c(c1)C(Br)(c1cccc(F)c1)c1ccccc1-2.CCCCCCCCCCCCCCCCCCCCCCOCCCCCCCCCCCCOc1ccc2c(c1)C(OC(=O)C1CCCC1)(c1cccc(F)c1)c1ccccc1-2. The number of hydrogen-bond donors (Lipinski definition) is 0. The molecule has 0 bridgehead atoms. The number of ether oxygens (including phenoxy) is 5. The van der Waals surface area contributed by atoms with Gasteiger partial charge in [-0.2, -0.15) is 0 Å². The number of carbonyl (C=O) groups is 1. The summed E-state index contributed by atoms with van der Waals surface area (Å²) in [6.07, 6.45) is 86.1. The van der Waals surface area contributed by atoms with Crippen molar-refractivity contribution in [1.82, 2.24) is 0 Å². The Kier molecular flexibility index (Phi) is 53.8. The molecule has 2 atom stereocenters. The molecule has 0 spiro atoms. The van der Waals surface area contributed by atoms with Crippen LogP contribution in [0.15, 0.2) is 133 Å². The summed E-state index contributed by atoms with van der Waals surface area (Å²) in [6.45, 7) is 9.75. The number of rotatable bonds is 74. The van der Waals surface area contributed by atoms with Crippen LogP contribution in [0.1, 0.15) is 458 Å². The molecule has 3 aliphatic carbocycles. The van der Waals surface area contributed by atoms with Crippen LogP contribution >= 0.6 is 15.9 Å². The molecule has 2 unspecified atom stereocenters. The van der Waals surface area contributed by atoms with E-state index in [-0.39, 0.29) is 23.5 Å². The first-order chi connectivity index (χ1) is 59.8. The Hall–Kier alpha value is -5.35. The molecule has 6 aromatic carbocycles. The van der Waals surface area contributed by atoms with E-state index in [2.05, 4.69) is 84.4 Å². The summed E-state index contributed by atoms with van der Waals surface area (Å²) in [5, 5.41) is 0. The average Bonchev–Trinajstić information content (AvgIpc) is 1.57. The minimum Gasteiger partial charge on any atom is -0.494 e. The summed E-state index contributed by atoms with van der Waals surface area (Å²) in [7, 11) is 0. The third-order valence-electron chi connectivity index (χ3n) is 26.5. The molecule has 0 aromatic heterocycles. The van der Waals surface area contributed by atoms with Crippen LogP contribution in [0.2, 0.25) is 0 Å². The summed E-state index contributed by atoms with van der Waals surface area (Å²) >= 11 is 4.07. The lowest BCUT2D eigenvalue weighted by Crippen LogP contribution is -2.35. The molecular weight excluding hydrogens is 1560 g/mol. The normalized spacial score (nSPS) is 15.2. The Morgan fingerprint density at radius 3 is 0.934 bits per heavy atom. The number of carbonyl (C=O) groups excluding carboxylic acids is 1. The number of unbranched alkanes of at least 4 members (excludes halogenated alkanes) is 56. The number of halogens is 3. The van der Waals surface area contributed by atoms with Gasteiger partial charge in [-0.15, -0.1) is 0 Å². The zero-order valence-corrected chi connectivity index (χ0v) is 78.4. The highest BCUT2D eigenvalue weighted by Crippen LogP contribution is 2.58. The Morgan fingerprint density at radius 1 is 0.298 bits per heavy atom. The van der Waals surface area contributed by atoms with Crippen LogP contribution < -0.4 is 9.47 Å². The van der Waals surface area contributed by atoms with Crippen molar-refractivity contribution < 1.29 is 37.3 Å². The smallest absolute Gasteiger partial charge is 0.310 e. The third-order valence-corrected chi connectivity index (χ3v) is 27.8. The Labute approximate surface area is 746 Å². The first kappa shape index (κ1) is 101. The van der Waals surface area contributed by atoms with Crippen molar-refractivity contribution in [3.05, 3.63) is 178 Å². The van der Waals surface area contributed by atoms with Gasteiger partial charge in [0.2, 0.25) is 0 Å². The molecule has 0 heterocycles. The van der Waals surface area contributed by atoms with Crippen molar-refractivity contribution in [1.29, 1.82) is 0 Å². The fraction of sp³-hybridized carbons (Fsp3) is 0.670. The van der Waals surface area contributed by atoms with Crippen LogP contribution in [0.5, 0.6) is 11.5 Å². The zero-order valence-electron chi connectivity index (χ0n) is 76.9. The molecule has 9 rings (SSSR count). The first-order valence-corrected chi connectivity index (χ1v) is 51.9. The van der Waals surface area contributed by atoms with Gasteiger partial charge in [-0.05, 0) is 139 Å². The van der Waals surface area contributed by atoms with Crippen LogP contribution in [0.4, 0.5) is 8.78 Å². The van der Waals surface area contributed by atoms with Crippen molar-refractivity contribution >= 4 is 21.9 Å². The van der Waals surface area contributed by atoms with E-state index in [0.717, 1.165) is 128 Å². The number of alkyl halides is 1. The molecule has 0 radical (unpaired) electrons. The molecular formula is C112H169BrF2O6. The first-order valence-electron chi connectivity index (χ1n) is 51.1. The fourth-order valence-electron chi connectivity index (χ4n) is 19.1. The molecule has 1 saturated carbocycles. The molecule has 0 saturated heterocycles. The van der Waals surface area contributed by atoms with Crippen LogP contribution in [0.3, 0.4) is 0 Å². The lowest BCUT2D eigenvalue weighted by atomic mass is 9.83. The minimum absolute atomic E-state index is 0.126. The second-order valence-corrected chi connectivity index (χ2v) is 37.9. The quantitative estimate of drug-likeness (QED) is 0.0215. The van der Waals surface area contributed by atoms with E-state index in [0.29, 0.717) is 12.2 Å². The highest BCUT2D eigenvalue weighted by Gasteiger charge is 2.50. The maximum Gasteiger partial charge on any atom is 0.310 e. The number of hydrogen-bond acceptors (Lipinski definition) is 6. The molecule has 0 N–H and O–H groups in total. The summed E-state index contributed by atoms with van der Waals surface area (Å²) in [4.78, 5) is 13.7. The fourth-order valence-corrected chi connectivity index (χ4v) is 20.1. The number of esters is 1. The number of benzene rings is 6. The number of fused-ring (bicyclic) bond motifs is 6. The van der Waals surface area contributed by atoms with Gasteiger partial charge in [-0.3, -0.25) is 4.79 Å². The van der Waals surface area contributed by atoms with Gasteiger partial charge in [-0.1, -0.05) is 474 Å². The average molecular weight is 1730 g/mol. The van der Waals surface area contributed by atoms with E-state index in [1.165, 1.54) is 395 Å². The highest BCUT2D eigenvalue weighted by atomic mass is 79.9. The van der Waals surface area contributed by atoms with E-state index < -0.39 is 9.93 Å². The molecule has 6 aromatic rings. The lowest BCUT2D eigenvalue weighted by molar-refractivity contribution is -0.158. The molecule has 3 aliphatic rings. The summed E-state index contributed by atoms with van der Waals surface area (Å²) in [5.41, 5.74) is 8.62. The summed E-state index contributed by atoms with van der Waals surface area (Å²) < 4.78 is 59.6. The molecule has 1 fully saturated rings. The maximum absolute atomic E-state index is 14.8. The predicted molar refractivity (Wildman–Crippen MR) is 514 cm³/mol. The summed E-state index contributed by atoms with van der Waals surface area (Å²) in [5.74, 6) is 0.731. The minimum atomic E-state index is -1.23. The Balaban J connectivity index is 0.000000303. The lowest BCUT2D eigenvalue weighted by Gasteiger charge is -2.33. The Morgan fingerprint density at radius 2 is 0.579 bits per heavy atom. The topological polar surface area (TPSA) is 63.2 Å². The van der Waals surface area contributed by atoms with E-state index in [1.807, 2.05) is 42.5 Å². The van der Waals surface area contributed by atoms with Gasteiger partial charge < -0.3 is 23.7 Å². The molecule has 9 heteroatoms. The van der Waals surface area contributed by atoms with Crippen LogP contribution in [0.25, 0.3) is 22.3 Å². The standard InChI is InChI=1S/C59H89FO4.C53H80BrFO2/c1-2-3-4-5-6-7-8-9-10-11-12-13-14-15-16-17-20-23-26-33-45-62-46-34-27-24-21-18-19-22-25-28-35-47-63-53-43-44-55-54-41-31-32-42-56(54)59(57(55)49-53,51-39-36-40-52(60)48-51)64-58(61)50-37-29-30-38-50;1-2-3-4-5-6-7-8-9-10-11-12-13-14-15-16-17-20-23-26-31-41-56-42-32-27-24-21-18-19-22-25-28-33-43-57-48-39-40-50-49-37-29-30-38-51(49)53(54,52(50)45-48)46-35-34-36-47(55)44-46/h31-32,36,39-44,48-50H,2-30,33-35,37-38,45-47H2,1H3;29-30,34-40,44-45H,2-28,31-33,41-43H2,1H3. The van der Waals surface area contributed by atoms with E-state index in [9.17, 15) is 13.6 Å². The van der Waals surface area contributed by atoms with Gasteiger partial charge in [0.05, 0.1) is 19.1 Å². The van der Waals surface area contributed by atoms with Gasteiger partial charge >= 0.3 is 5.97 Å². The second-order valence-electron chi connectivity index (χ2n) is 36.7. The largest absolute Gasteiger partial charge is 0.494 e.